The summed E-state index contributed by atoms with van der Waals surface area (Å²) < 4.78 is 5.36. The molecule has 0 saturated carbocycles. The maximum absolute atomic E-state index is 5.97. The van der Waals surface area contributed by atoms with Crippen molar-refractivity contribution in [3.8, 4) is 0 Å². The Morgan fingerprint density at radius 3 is 2.19 bits per heavy atom. The van der Waals surface area contributed by atoms with Gasteiger partial charge in [0.1, 0.15) is 0 Å². The van der Waals surface area contributed by atoms with E-state index in [0.717, 1.165) is 45.8 Å². The van der Waals surface area contributed by atoms with Gasteiger partial charge in [0.15, 0.2) is 0 Å². The van der Waals surface area contributed by atoms with E-state index in [4.69, 9.17) is 10.5 Å². The minimum atomic E-state index is 0.0502. The number of methoxy groups -OCH3 is 1. The molecule has 1 aliphatic rings. The highest BCUT2D eigenvalue weighted by Gasteiger charge is 2.35. The zero-order valence-electron chi connectivity index (χ0n) is 11.0. The highest BCUT2D eigenvalue weighted by atomic mass is 16.5. The molecule has 0 aromatic rings. The van der Waals surface area contributed by atoms with Gasteiger partial charge in [-0.25, -0.2) is 0 Å². The molecular formula is C12H27N3O. The lowest BCUT2D eigenvalue weighted by Crippen LogP contribution is -2.62. The summed E-state index contributed by atoms with van der Waals surface area (Å²) in [5.74, 6) is 0. The van der Waals surface area contributed by atoms with Crippen molar-refractivity contribution in [3.63, 3.8) is 0 Å². The first-order valence-corrected chi connectivity index (χ1v) is 6.38. The van der Waals surface area contributed by atoms with Crippen LogP contribution in [0.3, 0.4) is 0 Å². The molecule has 4 heteroatoms. The van der Waals surface area contributed by atoms with Crippen LogP contribution in [0.2, 0.25) is 0 Å². The molecule has 1 aliphatic heterocycles. The maximum atomic E-state index is 5.97. The minimum Gasteiger partial charge on any atom is -0.383 e. The molecule has 0 bridgehead atoms. The summed E-state index contributed by atoms with van der Waals surface area (Å²) in [6, 6.07) is 0. The van der Waals surface area contributed by atoms with Crippen molar-refractivity contribution in [2.75, 3.05) is 53.0 Å². The molecule has 1 atom stereocenters. The molecule has 0 radical (unpaired) electrons. The number of nitrogens with zero attached hydrogens (tertiary/aromatic N) is 2. The van der Waals surface area contributed by atoms with E-state index in [-0.39, 0.29) is 5.54 Å². The number of rotatable bonds is 6. The second-order valence-electron chi connectivity index (χ2n) is 4.64. The van der Waals surface area contributed by atoms with Crippen LogP contribution in [-0.4, -0.2) is 68.3 Å². The van der Waals surface area contributed by atoms with E-state index in [1.807, 2.05) is 0 Å². The van der Waals surface area contributed by atoms with Gasteiger partial charge in [0, 0.05) is 39.8 Å². The standard InChI is InChI=1S/C12H27N3O/c1-4-12(10-13,11-16-3)15-8-6-14(5-2)7-9-15/h4-11,13H2,1-3H3. The normalized spacial score (nSPS) is 23.2. The number of hydrogen-bond acceptors (Lipinski definition) is 4. The molecule has 0 aromatic carbocycles. The van der Waals surface area contributed by atoms with Gasteiger partial charge in [-0.2, -0.15) is 0 Å². The summed E-state index contributed by atoms with van der Waals surface area (Å²) in [6.45, 7) is 11.5. The average molecular weight is 229 g/mol. The van der Waals surface area contributed by atoms with Crippen molar-refractivity contribution in [3.05, 3.63) is 0 Å². The summed E-state index contributed by atoms with van der Waals surface area (Å²) in [5, 5.41) is 0. The van der Waals surface area contributed by atoms with Gasteiger partial charge in [-0.1, -0.05) is 13.8 Å². The van der Waals surface area contributed by atoms with Crippen LogP contribution in [0.5, 0.6) is 0 Å². The smallest absolute Gasteiger partial charge is 0.0658 e. The Balaban J connectivity index is 2.59. The first-order valence-electron chi connectivity index (χ1n) is 6.38. The van der Waals surface area contributed by atoms with Gasteiger partial charge in [-0.3, -0.25) is 4.90 Å². The second kappa shape index (κ2) is 6.55. The van der Waals surface area contributed by atoms with E-state index in [1.54, 1.807) is 7.11 Å². The molecular weight excluding hydrogens is 202 g/mol. The number of nitrogens with two attached hydrogens (primary N) is 1. The van der Waals surface area contributed by atoms with Gasteiger partial charge in [-0.15, -0.1) is 0 Å². The van der Waals surface area contributed by atoms with Gasteiger partial charge in [0.05, 0.1) is 12.1 Å². The zero-order valence-corrected chi connectivity index (χ0v) is 11.0. The van der Waals surface area contributed by atoms with E-state index >= 15 is 0 Å². The SMILES string of the molecule is CCN1CCN(C(CC)(CN)COC)CC1. The predicted molar refractivity (Wildman–Crippen MR) is 67.6 cm³/mol. The predicted octanol–water partition coefficient (Wildman–Crippen LogP) is 0.378. The van der Waals surface area contributed by atoms with E-state index in [1.165, 1.54) is 0 Å². The molecule has 1 unspecified atom stereocenters. The Hall–Kier alpha value is -0.160. The number of hydrogen-bond donors (Lipinski definition) is 1. The van der Waals surface area contributed by atoms with Crippen LogP contribution in [0.15, 0.2) is 0 Å². The van der Waals surface area contributed by atoms with E-state index < -0.39 is 0 Å². The van der Waals surface area contributed by atoms with Crippen molar-refractivity contribution in [1.29, 1.82) is 0 Å². The van der Waals surface area contributed by atoms with Crippen LogP contribution in [0.25, 0.3) is 0 Å². The third-order valence-corrected chi connectivity index (χ3v) is 3.94. The molecule has 2 N–H and O–H groups in total. The van der Waals surface area contributed by atoms with Crippen molar-refractivity contribution >= 4 is 0 Å². The fourth-order valence-corrected chi connectivity index (χ4v) is 2.56. The molecule has 0 amide bonds. The topological polar surface area (TPSA) is 41.7 Å². The molecule has 16 heavy (non-hydrogen) atoms. The summed E-state index contributed by atoms with van der Waals surface area (Å²) in [7, 11) is 1.77. The minimum absolute atomic E-state index is 0.0502. The van der Waals surface area contributed by atoms with Crippen LogP contribution in [0.1, 0.15) is 20.3 Å². The van der Waals surface area contributed by atoms with Crippen molar-refractivity contribution in [2.45, 2.75) is 25.8 Å². The summed E-state index contributed by atoms with van der Waals surface area (Å²) in [6.07, 6.45) is 1.06. The average Bonchev–Trinajstić information content (AvgIpc) is 2.36. The molecule has 0 aromatic heterocycles. The van der Waals surface area contributed by atoms with E-state index in [0.29, 0.717) is 6.54 Å². The quantitative estimate of drug-likeness (QED) is 0.715. The zero-order chi connectivity index (χ0) is 12.0. The molecule has 1 rings (SSSR count). The Bertz CT molecular complexity index is 187. The Morgan fingerprint density at radius 1 is 1.19 bits per heavy atom. The van der Waals surface area contributed by atoms with E-state index in [9.17, 15) is 0 Å². The Kier molecular flexibility index (Phi) is 5.69. The summed E-state index contributed by atoms with van der Waals surface area (Å²) in [5.41, 5.74) is 6.02. The van der Waals surface area contributed by atoms with Crippen LogP contribution in [0, 0.1) is 0 Å². The largest absolute Gasteiger partial charge is 0.383 e. The van der Waals surface area contributed by atoms with Gasteiger partial charge < -0.3 is 15.4 Å². The fraction of sp³-hybridized carbons (Fsp3) is 1.00. The number of likely N-dealkylation sites (N-methyl/N-ethyl adjacent to an activating group) is 1. The van der Waals surface area contributed by atoms with Gasteiger partial charge >= 0.3 is 0 Å². The first kappa shape index (κ1) is 13.9. The lowest BCUT2D eigenvalue weighted by atomic mass is 9.94. The first-order chi connectivity index (χ1) is 7.72. The van der Waals surface area contributed by atoms with Crippen molar-refractivity contribution in [1.82, 2.24) is 9.80 Å². The number of ether oxygens (including phenoxy) is 1. The van der Waals surface area contributed by atoms with Crippen LogP contribution >= 0.6 is 0 Å². The molecule has 1 heterocycles. The molecule has 0 aliphatic carbocycles. The van der Waals surface area contributed by atoms with Gasteiger partial charge in [0.2, 0.25) is 0 Å². The number of piperazine rings is 1. The Morgan fingerprint density at radius 2 is 1.81 bits per heavy atom. The van der Waals surface area contributed by atoms with E-state index in [2.05, 4.69) is 23.6 Å². The lowest BCUT2D eigenvalue weighted by molar-refractivity contribution is -0.0151. The van der Waals surface area contributed by atoms with Gasteiger partial charge in [0.25, 0.3) is 0 Å². The van der Waals surface area contributed by atoms with Crippen molar-refractivity contribution in [2.24, 2.45) is 5.73 Å². The second-order valence-corrected chi connectivity index (χ2v) is 4.64. The highest BCUT2D eigenvalue weighted by Crippen LogP contribution is 2.21. The molecule has 4 nitrogen and oxygen atoms in total. The molecule has 1 fully saturated rings. The van der Waals surface area contributed by atoms with Gasteiger partial charge in [-0.05, 0) is 13.0 Å². The summed E-state index contributed by atoms with van der Waals surface area (Å²) in [4.78, 5) is 5.00. The van der Waals surface area contributed by atoms with Crippen LogP contribution < -0.4 is 5.73 Å². The third kappa shape index (κ3) is 2.94. The summed E-state index contributed by atoms with van der Waals surface area (Å²) >= 11 is 0. The van der Waals surface area contributed by atoms with Crippen molar-refractivity contribution < 1.29 is 4.74 Å². The maximum Gasteiger partial charge on any atom is 0.0658 e. The molecule has 96 valence electrons. The lowest BCUT2D eigenvalue weighted by Gasteiger charge is -2.46. The third-order valence-electron chi connectivity index (χ3n) is 3.94. The fourth-order valence-electron chi connectivity index (χ4n) is 2.56. The molecule has 0 spiro atoms. The van der Waals surface area contributed by atoms with Crippen LogP contribution in [-0.2, 0) is 4.74 Å². The Labute approximate surface area is 99.7 Å². The monoisotopic (exact) mass is 229 g/mol. The molecule has 1 saturated heterocycles. The van der Waals surface area contributed by atoms with Crippen LogP contribution in [0.4, 0.5) is 0 Å². The highest BCUT2D eigenvalue weighted by molar-refractivity contribution is 4.93.